The highest BCUT2D eigenvalue weighted by Crippen LogP contribution is 2.33. The molecule has 0 N–H and O–H groups in total. The number of halogens is 1. The molecule has 0 saturated carbocycles. The largest absolute Gasteiger partial charge is 0.457 e. The molecule has 0 atom stereocenters. The number of nitrogens with zero attached hydrogens (tertiary/aromatic N) is 3. The van der Waals surface area contributed by atoms with Gasteiger partial charge in [-0.3, -0.25) is 29.5 Å². The van der Waals surface area contributed by atoms with Crippen LogP contribution in [0.5, 0.6) is 0 Å². The van der Waals surface area contributed by atoms with Crippen molar-refractivity contribution in [2.45, 2.75) is 13.8 Å². The predicted octanol–water partition coefficient (Wildman–Crippen LogP) is 4.00. The Kier molecular flexibility index (Phi) is 5.94. The molecule has 2 aromatic rings. The van der Waals surface area contributed by atoms with Crippen molar-refractivity contribution in [2.75, 3.05) is 13.1 Å². The summed E-state index contributed by atoms with van der Waals surface area (Å²) in [6.07, 6.45) is 1.39. The fourth-order valence-corrected chi connectivity index (χ4v) is 3.90. The van der Waals surface area contributed by atoms with Gasteiger partial charge in [-0.2, -0.15) is 0 Å². The fraction of sp³-hybridized carbons (Fsp3) is 0.211. The van der Waals surface area contributed by atoms with Crippen molar-refractivity contribution in [3.05, 3.63) is 56.3 Å². The first-order valence-corrected chi connectivity index (χ1v) is 9.92. The van der Waals surface area contributed by atoms with E-state index in [9.17, 15) is 19.7 Å². The number of carbonyl (C=O) groups is 2. The summed E-state index contributed by atoms with van der Waals surface area (Å²) in [5.74, 6) is -0.199. The average Bonchev–Trinajstić information content (AvgIpc) is 3.14. The maximum Gasteiger partial charge on any atom is 0.270 e. The number of hydrogen-bond acceptors (Lipinski definition) is 6. The lowest BCUT2D eigenvalue weighted by molar-refractivity contribution is -0.384. The standard InChI is InChI=1S/C19H16BrN3O5S/c1-3-21-17(24)14(18(25)22(4-2)19(21)29)10-12-6-8-16(28-12)13-7-5-11(23(26)27)9-15(13)20/h5-10H,3-4H2,1-2H3. The summed E-state index contributed by atoms with van der Waals surface area (Å²) >= 11 is 8.54. The fourth-order valence-electron chi connectivity index (χ4n) is 2.92. The Morgan fingerprint density at radius 1 is 1.14 bits per heavy atom. The van der Waals surface area contributed by atoms with Crippen LogP contribution in [0.3, 0.4) is 0 Å². The number of amides is 2. The van der Waals surface area contributed by atoms with Crippen LogP contribution in [-0.4, -0.2) is 44.7 Å². The summed E-state index contributed by atoms with van der Waals surface area (Å²) in [6, 6.07) is 7.59. The molecule has 1 aliphatic rings. The molecule has 0 bridgehead atoms. The van der Waals surface area contributed by atoms with E-state index >= 15 is 0 Å². The van der Waals surface area contributed by atoms with E-state index in [4.69, 9.17) is 16.6 Å². The molecule has 0 unspecified atom stereocenters. The molecule has 29 heavy (non-hydrogen) atoms. The van der Waals surface area contributed by atoms with Gasteiger partial charge in [0.1, 0.15) is 17.1 Å². The van der Waals surface area contributed by atoms with Gasteiger partial charge in [0.2, 0.25) is 0 Å². The zero-order chi connectivity index (χ0) is 21.3. The van der Waals surface area contributed by atoms with Crippen LogP contribution in [0, 0.1) is 10.1 Å². The van der Waals surface area contributed by atoms with E-state index in [0.717, 1.165) is 0 Å². The van der Waals surface area contributed by atoms with Crippen molar-refractivity contribution >= 4 is 56.8 Å². The van der Waals surface area contributed by atoms with Crippen LogP contribution >= 0.6 is 28.1 Å². The minimum absolute atomic E-state index is 0.0361. The minimum atomic E-state index is -0.490. The quantitative estimate of drug-likeness (QED) is 0.212. The number of non-ortho nitro benzene ring substituents is 1. The average molecular weight is 478 g/mol. The summed E-state index contributed by atoms with van der Waals surface area (Å²) < 4.78 is 6.25. The molecular formula is C19H16BrN3O5S. The molecular weight excluding hydrogens is 462 g/mol. The molecule has 0 spiro atoms. The summed E-state index contributed by atoms with van der Waals surface area (Å²) in [6.45, 7) is 4.25. The molecule has 2 amide bonds. The second-order valence-corrected chi connectivity index (χ2v) is 7.28. The van der Waals surface area contributed by atoms with E-state index in [1.807, 2.05) is 0 Å². The molecule has 3 rings (SSSR count). The van der Waals surface area contributed by atoms with Crippen LogP contribution in [0.4, 0.5) is 5.69 Å². The van der Waals surface area contributed by atoms with E-state index in [1.54, 1.807) is 32.0 Å². The van der Waals surface area contributed by atoms with Gasteiger partial charge >= 0.3 is 0 Å². The number of rotatable bonds is 5. The monoisotopic (exact) mass is 477 g/mol. The smallest absolute Gasteiger partial charge is 0.270 e. The topological polar surface area (TPSA) is 96.9 Å². The van der Waals surface area contributed by atoms with Crippen LogP contribution < -0.4 is 0 Å². The Balaban J connectivity index is 1.97. The molecule has 8 nitrogen and oxygen atoms in total. The van der Waals surface area contributed by atoms with Gasteiger partial charge in [0.15, 0.2) is 5.11 Å². The second kappa shape index (κ2) is 8.26. The van der Waals surface area contributed by atoms with Crippen LogP contribution in [0.15, 0.2) is 44.8 Å². The van der Waals surface area contributed by atoms with Crippen LogP contribution in [0.25, 0.3) is 17.4 Å². The van der Waals surface area contributed by atoms with Gasteiger partial charge in [-0.1, -0.05) is 0 Å². The Hall–Kier alpha value is -2.85. The number of furan rings is 1. The van der Waals surface area contributed by atoms with E-state index < -0.39 is 16.7 Å². The number of nitro groups is 1. The summed E-state index contributed by atoms with van der Waals surface area (Å²) in [4.78, 5) is 38.5. The second-order valence-electron chi connectivity index (χ2n) is 6.06. The van der Waals surface area contributed by atoms with Crippen molar-refractivity contribution < 1.29 is 18.9 Å². The van der Waals surface area contributed by atoms with E-state index in [-0.39, 0.29) is 16.4 Å². The highest BCUT2D eigenvalue weighted by Gasteiger charge is 2.38. The highest BCUT2D eigenvalue weighted by atomic mass is 79.9. The van der Waals surface area contributed by atoms with Gasteiger partial charge in [-0.05, 0) is 66.3 Å². The number of thiocarbonyl (C=S) groups is 1. The molecule has 0 aliphatic carbocycles. The van der Waals surface area contributed by atoms with Gasteiger partial charge in [0, 0.05) is 35.3 Å². The van der Waals surface area contributed by atoms with Crippen molar-refractivity contribution in [1.29, 1.82) is 0 Å². The van der Waals surface area contributed by atoms with Crippen molar-refractivity contribution in [2.24, 2.45) is 0 Å². The number of benzene rings is 1. The van der Waals surface area contributed by atoms with E-state index in [2.05, 4.69) is 15.9 Å². The van der Waals surface area contributed by atoms with E-state index in [1.165, 1.54) is 28.0 Å². The molecule has 0 radical (unpaired) electrons. The van der Waals surface area contributed by atoms with Gasteiger partial charge in [-0.15, -0.1) is 0 Å². The molecule has 1 aromatic heterocycles. The number of nitro benzene ring substituents is 1. The predicted molar refractivity (Wildman–Crippen MR) is 114 cm³/mol. The SMILES string of the molecule is CCN1C(=O)C(=Cc2ccc(-c3ccc([N+](=O)[O-])cc3Br)o2)C(=O)N(CC)C1=S. The van der Waals surface area contributed by atoms with Gasteiger partial charge in [0.25, 0.3) is 17.5 Å². The van der Waals surface area contributed by atoms with Crippen LogP contribution in [-0.2, 0) is 9.59 Å². The summed E-state index contributed by atoms with van der Waals surface area (Å²) in [5, 5.41) is 11.1. The van der Waals surface area contributed by atoms with Crippen molar-refractivity contribution in [3.63, 3.8) is 0 Å². The molecule has 1 fully saturated rings. The maximum absolute atomic E-state index is 12.7. The third-order valence-electron chi connectivity index (χ3n) is 4.39. The zero-order valence-electron chi connectivity index (χ0n) is 15.5. The van der Waals surface area contributed by atoms with Gasteiger partial charge in [-0.25, -0.2) is 0 Å². The minimum Gasteiger partial charge on any atom is -0.457 e. The maximum atomic E-state index is 12.7. The zero-order valence-corrected chi connectivity index (χ0v) is 17.9. The Morgan fingerprint density at radius 3 is 2.28 bits per heavy atom. The van der Waals surface area contributed by atoms with Crippen molar-refractivity contribution in [1.82, 2.24) is 9.80 Å². The first kappa shape index (κ1) is 20.9. The highest BCUT2D eigenvalue weighted by molar-refractivity contribution is 9.10. The molecule has 1 saturated heterocycles. The number of carbonyl (C=O) groups excluding carboxylic acids is 2. The molecule has 1 aliphatic heterocycles. The first-order valence-electron chi connectivity index (χ1n) is 8.72. The lowest BCUT2D eigenvalue weighted by Gasteiger charge is -2.35. The molecule has 150 valence electrons. The first-order chi connectivity index (χ1) is 13.8. The van der Waals surface area contributed by atoms with E-state index in [0.29, 0.717) is 34.6 Å². The molecule has 1 aromatic carbocycles. The third-order valence-corrected chi connectivity index (χ3v) is 5.48. The van der Waals surface area contributed by atoms with Crippen LogP contribution in [0.1, 0.15) is 19.6 Å². The van der Waals surface area contributed by atoms with Gasteiger partial charge in [0.05, 0.1) is 4.92 Å². The van der Waals surface area contributed by atoms with Gasteiger partial charge < -0.3 is 4.42 Å². The summed E-state index contributed by atoms with van der Waals surface area (Å²) in [7, 11) is 0. The van der Waals surface area contributed by atoms with Crippen LogP contribution in [0.2, 0.25) is 0 Å². The van der Waals surface area contributed by atoms with Crippen molar-refractivity contribution in [3.8, 4) is 11.3 Å². The third kappa shape index (κ3) is 3.85. The Morgan fingerprint density at radius 2 is 1.76 bits per heavy atom. The lowest BCUT2D eigenvalue weighted by Crippen LogP contribution is -2.55. The Bertz CT molecular complexity index is 1030. The number of likely N-dealkylation sites (N-methyl/N-ethyl adjacent to an activating group) is 2. The lowest BCUT2D eigenvalue weighted by atomic mass is 10.1. The normalized spacial score (nSPS) is 14.6. The number of hydrogen-bond donors (Lipinski definition) is 0. The molecule has 10 heteroatoms. The molecule has 2 heterocycles. The summed E-state index contributed by atoms with van der Waals surface area (Å²) in [5.41, 5.74) is 0.516. The Labute approximate surface area is 180 Å².